The van der Waals surface area contributed by atoms with Gasteiger partial charge in [0.25, 0.3) is 0 Å². The summed E-state index contributed by atoms with van der Waals surface area (Å²) in [5.41, 5.74) is 0. The van der Waals surface area contributed by atoms with Crippen LogP contribution in [0.4, 0.5) is 0 Å². The quantitative estimate of drug-likeness (QED) is 0.0383. The first kappa shape index (κ1) is 94.9. The van der Waals surface area contributed by atoms with Crippen LogP contribution < -0.4 is 188 Å². The second kappa shape index (κ2) is 43.0. The van der Waals surface area contributed by atoms with E-state index < -0.39 is 199 Å². The fraction of sp³-hybridized carbons (Fsp3) is 0.900. The molecule has 4 amide bonds. The van der Waals surface area contributed by atoms with Crippen molar-refractivity contribution in [1.82, 2.24) is 20.4 Å². The zero-order chi connectivity index (χ0) is 62.6. The maximum atomic E-state index is 14.2. The Morgan fingerprint density at radius 1 is 0.400 bits per heavy atom. The Balaban J connectivity index is 0. The van der Waals surface area contributed by atoms with Crippen LogP contribution in [0.15, 0.2) is 0 Å². The zero-order valence-electron chi connectivity index (χ0n) is 50.4. The van der Waals surface area contributed by atoms with Crippen LogP contribution in [0.3, 0.4) is 0 Å². The summed E-state index contributed by atoms with van der Waals surface area (Å²) in [6.07, 6.45) is -17.3. The van der Waals surface area contributed by atoms with Crippen molar-refractivity contribution < 1.29 is 328 Å². The molecule has 5 fully saturated rings. The van der Waals surface area contributed by atoms with Crippen LogP contribution in [0.5, 0.6) is 0 Å². The van der Waals surface area contributed by atoms with Gasteiger partial charge in [0.05, 0.1) is 26.3 Å². The molecule has 0 aromatic carbocycles. The molecule has 2 aliphatic heterocycles. The third-order valence-electron chi connectivity index (χ3n) is 13.8. The van der Waals surface area contributed by atoms with E-state index in [1.807, 2.05) is 0 Å². The molecule has 0 aromatic rings. The van der Waals surface area contributed by atoms with Crippen molar-refractivity contribution in [2.24, 2.45) is 0 Å². The van der Waals surface area contributed by atoms with Gasteiger partial charge in [0.1, 0.15) is 49.8 Å². The molecular formula is C40H62N4Na6O34S6. The van der Waals surface area contributed by atoms with Crippen molar-refractivity contribution >= 4 is 86.0 Å². The minimum absolute atomic E-state index is 0. The Bertz CT molecular complexity index is 2760. The van der Waals surface area contributed by atoms with E-state index >= 15 is 0 Å². The monoisotopic (exact) mass is 1470 g/mol. The smallest absolute Gasteiger partial charge is 0.726 e. The predicted octanol–water partition coefficient (Wildman–Crippen LogP) is -23.3. The first-order valence-electron chi connectivity index (χ1n) is 25.5. The van der Waals surface area contributed by atoms with Gasteiger partial charge in [-0.3, -0.25) is 44.3 Å². The van der Waals surface area contributed by atoms with Crippen LogP contribution in [-0.2, 0) is 135 Å². The number of ether oxygens (including phenoxy) is 6. The number of hydrogen-bond acceptors (Lipinski definition) is 34. The third-order valence-corrected chi connectivity index (χ3v) is 16.5. The van der Waals surface area contributed by atoms with E-state index in [1.165, 1.54) is 0 Å². The maximum absolute atomic E-state index is 14.2. The van der Waals surface area contributed by atoms with Gasteiger partial charge in [0.2, 0.25) is 86.0 Å². The minimum Gasteiger partial charge on any atom is -0.726 e. The van der Waals surface area contributed by atoms with E-state index in [2.05, 4.69) is 35.7 Å². The number of methoxy groups -OCH3 is 2. The molecule has 0 bridgehead atoms. The van der Waals surface area contributed by atoms with Gasteiger partial charge < -0.3 is 76.2 Å². The molecule has 0 aromatic heterocycles. The van der Waals surface area contributed by atoms with Gasteiger partial charge >= 0.3 is 177 Å². The normalized spacial score (nSPS) is 27.2. The average molecular weight is 1470 g/mol. The van der Waals surface area contributed by atoms with Crippen molar-refractivity contribution in [3.05, 3.63) is 0 Å². The van der Waals surface area contributed by atoms with Crippen LogP contribution >= 0.6 is 0 Å². The molecule has 5 rings (SSSR count). The van der Waals surface area contributed by atoms with Gasteiger partial charge in [0.15, 0.2) is 24.8 Å². The van der Waals surface area contributed by atoms with E-state index in [0.29, 0.717) is 25.7 Å². The molecule has 10 unspecified atom stereocenters. The van der Waals surface area contributed by atoms with Gasteiger partial charge in [-0.1, -0.05) is 38.5 Å². The third kappa shape index (κ3) is 34.0. The SMILES string of the molecule is COC1OC(COCC(=O)N(CC(=O)NC2CCCCC2)C2CCC(N(CC(=O)NC3CCCCC3)C(=O)COCC3OC(OC)C(OS(=O)(=O)[O-])C(OS(=O)(=O)[O-])C3OS(=O)(=O)[O-])CC2)C(OS(=O)(=O)[O-])C(OS(=O)(=O)[O-])C1OS(=O)(=O)[O-].[Na+].[Na+].[Na+].[Na+].[Na+].[Na+]. The molecule has 2 N–H and O–H groups in total. The summed E-state index contributed by atoms with van der Waals surface area (Å²) in [4.78, 5) is 57.9. The van der Waals surface area contributed by atoms with Gasteiger partial charge in [-0.15, -0.1) is 0 Å². The van der Waals surface area contributed by atoms with E-state index in [1.54, 1.807) is 0 Å². The molecule has 5 aliphatic rings. The Labute approximate surface area is 654 Å². The van der Waals surface area contributed by atoms with Gasteiger partial charge in [-0.25, -0.2) is 50.5 Å². The van der Waals surface area contributed by atoms with Crippen LogP contribution in [0.1, 0.15) is 89.9 Å². The van der Waals surface area contributed by atoms with E-state index in [4.69, 9.17) is 28.4 Å². The van der Waals surface area contributed by atoms with E-state index in [9.17, 15) is 97.0 Å². The number of rotatable bonds is 30. The molecule has 3 saturated carbocycles. The fourth-order valence-electron chi connectivity index (χ4n) is 10.4. The summed E-state index contributed by atoms with van der Waals surface area (Å²) < 4.78 is 268. The topological polar surface area (TPSA) is 553 Å². The van der Waals surface area contributed by atoms with Crippen LogP contribution in [0.25, 0.3) is 0 Å². The van der Waals surface area contributed by atoms with Crippen LogP contribution in [0, 0.1) is 0 Å². The van der Waals surface area contributed by atoms with Crippen molar-refractivity contribution in [1.29, 1.82) is 0 Å². The second-order valence-electron chi connectivity index (χ2n) is 19.7. The summed E-state index contributed by atoms with van der Waals surface area (Å²) in [5.74, 6) is -3.15. The number of amides is 4. The largest absolute Gasteiger partial charge is 1.00 e. The Morgan fingerprint density at radius 2 is 0.656 bits per heavy atom. The molecule has 50 heteroatoms. The molecule has 0 spiro atoms. The molecule has 3 aliphatic carbocycles. The average Bonchev–Trinajstić information content (AvgIpc) is 2.79. The summed E-state index contributed by atoms with van der Waals surface area (Å²) in [6.45, 7) is -5.44. The first-order chi connectivity index (χ1) is 38.9. The number of nitrogens with one attached hydrogen (secondary N) is 2. The van der Waals surface area contributed by atoms with E-state index in [0.717, 1.165) is 62.5 Å². The summed E-state index contributed by atoms with van der Waals surface area (Å²) >= 11 is 0. The Kier molecular flexibility index (Phi) is 45.3. The first-order valence-corrected chi connectivity index (χ1v) is 33.5. The summed E-state index contributed by atoms with van der Waals surface area (Å²) in [7, 11) is -34.0. The molecule has 2 saturated heterocycles. The molecule has 0 radical (unpaired) electrons. The number of nitrogens with zero attached hydrogens (tertiary/aromatic N) is 2. The number of carbonyl (C=O) groups excluding carboxylic acids is 4. The number of carbonyl (C=O) groups is 4. The van der Waals surface area contributed by atoms with Crippen molar-refractivity contribution in [3.63, 3.8) is 0 Å². The summed E-state index contributed by atoms with van der Waals surface area (Å²) in [5, 5.41) is 5.74. The molecule has 2 heterocycles. The van der Waals surface area contributed by atoms with Crippen molar-refractivity contribution in [3.8, 4) is 0 Å². The van der Waals surface area contributed by atoms with Crippen LogP contribution in [0.2, 0.25) is 0 Å². The van der Waals surface area contributed by atoms with Gasteiger partial charge in [-0.05, 0) is 51.4 Å². The van der Waals surface area contributed by atoms with Crippen molar-refractivity contribution in [2.45, 2.75) is 175 Å². The maximum Gasteiger partial charge on any atom is 1.00 e. The van der Waals surface area contributed by atoms with E-state index in [-0.39, 0.29) is 215 Å². The summed E-state index contributed by atoms with van der Waals surface area (Å²) in [6, 6.07) is -2.25. The predicted molar refractivity (Wildman–Crippen MR) is 260 cm³/mol. The standard InChI is InChI=1S/C40H68N4O34S6.6Na/c1-67-39-37(77-83(61,62)63)35(75-81(55,56)57)33(73-79(49,50)51)27(71-39)19-69-21-31(47)43(17-29(45)41-23-9-5-3-6-10-23)25-13-15-26(16-14-25)44(18-30(46)42-24-11-7-4-8-12-24)32(48)22-70-20-28-34(74-80(52,53)54)36(76-82(58,59)60)38(40(68-2)72-28)78-84(64,65)66;;;;;;/h23-28,33-40H,3-22H2,1-2H3,(H,41,45)(H,42,46)(H,49,50,51)(H,52,53,54)(H,55,56,57)(H,58,59,60)(H,61,62,63)(H,64,65,66);;;;;;/q;6*+1/p-6. The molecule has 38 nitrogen and oxygen atoms in total. The molecule has 488 valence electrons. The van der Waals surface area contributed by atoms with Crippen molar-refractivity contribution in [2.75, 3.05) is 53.7 Å². The Morgan fingerprint density at radius 3 is 0.911 bits per heavy atom. The zero-order valence-corrected chi connectivity index (χ0v) is 67.3. The molecule has 10 atom stereocenters. The van der Waals surface area contributed by atoms with Gasteiger partial charge in [0, 0.05) is 38.4 Å². The second-order valence-corrected chi connectivity index (χ2v) is 25.8. The minimum atomic E-state index is -5.99. The molecular weight excluding hydrogens is 1410 g/mol. The molecule has 90 heavy (non-hydrogen) atoms. The number of hydrogen-bond donors (Lipinski definition) is 2. The van der Waals surface area contributed by atoms with Gasteiger partial charge in [-0.2, -0.15) is 0 Å². The Hall–Kier alpha value is 2.86. The van der Waals surface area contributed by atoms with Crippen LogP contribution in [-0.4, -0.2) is 251 Å². The fourth-order valence-corrected chi connectivity index (χ4v) is 13.4.